The number of thioether (sulfide) groups is 5. The molecule has 18 aromatic rings. The van der Waals surface area contributed by atoms with Crippen LogP contribution in [0, 0.1) is 20.8 Å². The molecule has 138 heavy (non-hydrogen) atoms. The van der Waals surface area contributed by atoms with E-state index in [1.807, 2.05) is 141 Å². The van der Waals surface area contributed by atoms with Gasteiger partial charge >= 0.3 is 24.3 Å². The lowest BCUT2D eigenvalue weighted by atomic mass is 9.99. The van der Waals surface area contributed by atoms with Crippen LogP contribution in [0.5, 0.6) is 17.2 Å². The molecule has 0 radical (unpaired) electrons. The first-order valence-electron chi connectivity index (χ1n) is 42.5. The Kier molecular flexibility index (Phi) is 36.1. The molecule has 0 spiro atoms. The summed E-state index contributed by atoms with van der Waals surface area (Å²) in [5, 5.41) is 78.3. The van der Waals surface area contributed by atoms with Crippen molar-refractivity contribution in [3.8, 4) is 118 Å². The predicted molar refractivity (Wildman–Crippen MR) is 536 cm³/mol. The van der Waals surface area contributed by atoms with Crippen LogP contribution in [0.3, 0.4) is 0 Å². The van der Waals surface area contributed by atoms with Gasteiger partial charge in [0.1, 0.15) is 38.8 Å². The number of nitrogens with one attached hydrogen (secondary N) is 5. The summed E-state index contributed by atoms with van der Waals surface area (Å²) in [5.41, 5.74) is 16.8. The second-order valence-electron chi connectivity index (χ2n) is 30.5. The average molecular weight is 1970 g/mol. The van der Waals surface area contributed by atoms with Crippen LogP contribution < -0.4 is 14.2 Å². The van der Waals surface area contributed by atoms with E-state index in [4.69, 9.17) is 24.8 Å². The maximum Gasteiger partial charge on any atom is 0.573 e. The van der Waals surface area contributed by atoms with Crippen molar-refractivity contribution in [1.82, 2.24) is 86.1 Å². The molecule has 28 nitrogen and oxygen atoms in total. The summed E-state index contributed by atoms with van der Waals surface area (Å²) >= 11 is 7.49. The van der Waals surface area contributed by atoms with Crippen molar-refractivity contribution in [2.75, 3.05) is 43.0 Å². The van der Waals surface area contributed by atoms with Crippen LogP contribution in [0.4, 0.5) is 13.2 Å². The maximum atomic E-state index is 12.0. The van der Waals surface area contributed by atoms with Gasteiger partial charge in [-0.05, 0) is 198 Å². The number of aliphatic carboxylic acids is 3. The quantitative estimate of drug-likeness (QED) is 0.0187. The number of nitrogens with zero attached hydrogens (tertiary/aromatic N) is 12. The van der Waals surface area contributed by atoms with E-state index < -0.39 is 24.3 Å². The lowest BCUT2D eigenvalue weighted by molar-refractivity contribution is -0.274. The monoisotopic (exact) mass is 1970 g/mol. The molecule has 0 aliphatic carbocycles. The van der Waals surface area contributed by atoms with Gasteiger partial charge in [0.25, 0.3) is 0 Å². The zero-order chi connectivity index (χ0) is 97.5. The lowest BCUT2D eigenvalue weighted by Crippen LogP contribution is -2.16. The minimum Gasteiger partial charge on any atom is -0.497 e. The summed E-state index contributed by atoms with van der Waals surface area (Å²) in [5.74, 6) is 2.23. The van der Waals surface area contributed by atoms with Crippen molar-refractivity contribution < 1.29 is 66.7 Å². The van der Waals surface area contributed by atoms with Crippen molar-refractivity contribution in [1.29, 1.82) is 0 Å². The standard InChI is InChI=1S/C21H17N3O3S.C20H15N3O2S.C18H17N3O3S.C18H18N2S.C12H10F3N3O2S.C12H13N3OS/c1-27-18-8-7-15-9-14(5-6-16(15)11-18)13-3-2-4-17(10-13)20-22-21(24-23-20)28-12-19(25)26;24-18(25)12-26-20-21-19(22-23-20)17-7-3-6-15(11-17)16-9-8-13-4-1-2-5-14(13)10-16;1-11-6-14(9-15(7-11)24-2)12-4-3-5-13(8-12)17-19-18(21-20-17)25-10-16(22)23;1-14-10-12-16(13-11-14)18-20-19-17(21-18)9-5-8-15-6-3-2-4-7-15;1-7(19)6-21-11-16-10(17-18-11)8-2-4-9(5-3-8)20-12(13,14)15;1-8-4-3-5-10(6-8)11-13-12(15-14-11)17-7-9(2)16/h2-11H,12H2,1H3,(H,25,26)(H,22,23,24);1-11H,12H2,(H,24,25)(H,21,22,23);3-9H,10H2,1-2H3,(H,22,23)(H,19,20,21);2-4,6-7,10-13H,5,8-9H2,1H3;2-5H,6H2,1H3,(H,16,17,18);3-6H,7H2,1-2H3,(H,13,14,15). The number of hydrogen-bond acceptors (Lipinski definition) is 26. The number of ether oxygens (including phenoxy) is 3. The summed E-state index contributed by atoms with van der Waals surface area (Å²) in [6.45, 7) is 9.17. The van der Waals surface area contributed by atoms with Gasteiger partial charge in [-0.15, -0.1) is 48.9 Å². The molecule has 0 amide bonds. The molecule has 702 valence electrons. The molecule has 0 aliphatic rings. The van der Waals surface area contributed by atoms with Crippen LogP contribution in [0.1, 0.15) is 47.5 Å². The van der Waals surface area contributed by atoms with E-state index in [0.29, 0.717) is 60.4 Å². The van der Waals surface area contributed by atoms with E-state index in [9.17, 15) is 37.1 Å². The fourth-order valence-corrected chi connectivity index (χ4v) is 16.9. The van der Waals surface area contributed by atoms with Gasteiger partial charge < -0.3 is 29.5 Å². The van der Waals surface area contributed by atoms with Crippen LogP contribution in [0.2, 0.25) is 0 Å². The molecule has 37 heteroatoms. The van der Waals surface area contributed by atoms with E-state index in [2.05, 4.69) is 219 Å². The second kappa shape index (κ2) is 49.6. The molecule has 0 aliphatic heterocycles. The molecular weight excluding hydrogens is 1880 g/mol. The Morgan fingerprint density at radius 1 is 0.333 bits per heavy atom. The number of aryl methyl sites for hydroxylation is 5. The number of rotatable bonds is 31. The molecule has 0 saturated heterocycles. The topological polar surface area (TPSA) is 407 Å². The molecule has 12 aromatic carbocycles. The summed E-state index contributed by atoms with van der Waals surface area (Å²) in [7, 11) is 3.32. The number of methoxy groups -OCH3 is 2. The lowest BCUT2D eigenvalue weighted by Gasteiger charge is -2.08. The van der Waals surface area contributed by atoms with Gasteiger partial charge in [0.2, 0.25) is 25.8 Å². The SMILES string of the molecule is CC(=O)CSc1n[nH]c(-c2ccc(OC(F)(F)F)cc2)n1.CC(=O)CSc1n[nH]c(-c2cccc(C)c2)n1.COc1cc(C)cc(-c2cccc(-c3nc(SCC(=O)O)n[nH]3)c2)c1.COc1ccc2cc(-c3cccc(-c4nc(SCC(=O)O)n[nH]4)c3)ccc2c1.Cc1ccc(-c2nnc(CCCc3ccccc3)s2)cc1.O=C(O)CSc1n[nH]c(-c2cccc(-c3ccc4ccccc4c3)c2)n1. The molecular formula is C101H90F3N17O11S6. The van der Waals surface area contributed by atoms with Crippen LogP contribution in [0.25, 0.3) is 122 Å². The van der Waals surface area contributed by atoms with Gasteiger partial charge in [0, 0.05) is 39.8 Å². The molecule has 0 atom stereocenters. The average Bonchev–Trinajstić information content (AvgIpc) is 1.78. The number of carbonyl (C=O) groups is 5. The van der Waals surface area contributed by atoms with Gasteiger partial charge in [-0.2, -0.15) is 0 Å². The fraction of sp³-hybridized carbons (Fsp3) is 0.158. The van der Waals surface area contributed by atoms with Gasteiger partial charge in [0.05, 0.1) is 43.0 Å². The Bertz CT molecular complexity index is 7160. The van der Waals surface area contributed by atoms with Crippen LogP contribution in [0.15, 0.2) is 299 Å². The van der Waals surface area contributed by atoms with Crippen molar-refractivity contribution in [2.24, 2.45) is 0 Å². The number of H-pyrrole nitrogens is 5. The highest BCUT2D eigenvalue weighted by Gasteiger charge is 2.31. The smallest absolute Gasteiger partial charge is 0.497 e. The number of halogens is 3. The highest BCUT2D eigenvalue weighted by atomic mass is 32.2. The highest BCUT2D eigenvalue weighted by Crippen LogP contribution is 2.36. The third-order valence-electron chi connectivity index (χ3n) is 19.7. The van der Waals surface area contributed by atoms with E-state index in [0.717, 1.165) is 159 Å². The molecule has 0 saturated carbocycles. The maximum absolute atomic E-state index is 12.0. The Hall–Kier alpha value is -14.9. The number of carbonyl (C=O) groups excluding carboxylic acids is 2. The first-order chi connectivity index (χ1) is 66.6. The van der Waals surface area contributed by atoms with Crippen molar-refractivity contribution >= 4 is 121 Å². The number of alkyl halides is 3. The number of aromatic amines is 5. The van der Waals surface area contributed by atoms with E-state index in [-0.39, 0.29) is 40.3 Å². The third kappa shape index (κ3) is 31.1. The van der Waals surface area contributed by atoms with E-state index >= 15 is 0 Å². The van der Waals surface area contributed by atoms with Crippen LogP contribution >= 0.6 is 70.1 Å². The Balaban J connectivity index is 0.000000141. The summed E-state index contributed by atoms with van der Waals surface area (Å²) in [6.07, 6.45) is -1.50. The number of fused-ring (bicyclic) bond motifs is 2. The zero-order valence-corrected chi connectivity index (χ0v) is 80.1. The number of benzene rings is 12. The fourth-order valence-electron chi connectivity index (χ4n) is 13.2. The normalized spacial score (nSPS) is 10.9. The highest BCUT2D eigenvalue weighted by molar-refractivity contribution is 8.00. The van der Waals surface area contributed by atoms with Gasteiger partial charge in [-0.1, -0.05) is 269 Å². The Morgan fingerprint density at radius 3 is 1.17 bits per heavy atom. The molecule has 0 unspecified atom stereocenters. The van der Waals surface area contributed by atoms with Crippen molar-refractivity contribution in [3.63, 3.8) is 0 Å². The first-order valence-corrected chi connectivity index (χ1v) is 48.2. The molecule has 18 rings (SSSR count). The van der Waals surface area contributed by atoms with E-state index in [1.165, 1.54) is 82.2 Å². The first kappa shape index (κ1) is 101. The van der Waals surface area contributed by atoms with Crippen molar-refractivity contribution in [3.05, 3.63) is 300 Å². The minimum atomic E-state index is -4.72. The number of aromatic nitrogens is 17. The van der Waals surface area contributed by atoms with Crippen molar-refractivity contribution in [2.45, 2.75) is 86.0 Å². The molecule has 6 heterocycles. The second-order valence-corrected chi connectivity index (χ2v) is 36.3. The number of carboxylic acid groups (broad SMARTS) is 3. The molecule has 0 bridgehead atoms. The van der Waals surface area contributed by atoms with Crippen LogP contribution in [-0.4, -0.2) is 180 Å². The number of hydrogen-bond donors (Lipinski definition) is 8. The van der Waals surface area contributed by atoms with Gasteiger partial charge in [-0.25, -0.2) is 24.9 Å². The molecule has 6 aromatic heterocycles. The van der Waals surface area contributed by atoms with Gasteiger partial charge in [0.15, 0.2) is 29.1 Å². The number of carboxylic acids is 3. The predicted octanol–water partition coefficient (Wildman–Crippen LogP) is 22.8. The minimum absolute atomic E-state index is 0.00000218. The summed E-state index contributed by atoms with van der Waals surface area (Å²) in [4.78, 5) is 75.3. The number of Topliss-reactive ketones (excluding diaryl/α,β-unsaturated/α-hetero) is 2. The third-order valence-corrected chi connectivity index (χ3v) is 25.2. The summed E-state index contributed by atoms with van der Waals surface area (Å²) < 4.78 is 50.5. The zero-order valence-electron chi connectivity index (χ0n) is 75.2. The Labute approximate surface area is 815 Å². The van der Waals surface area contributed by atoms with Gasteiger partial charge in [-0.3, -0.25) is 49.5 Å². The number of ketones is 2. The van der Waals surface area contributed by atoms with E-state index in [1.54, 1.807) is 32.5 Å². The van der Waals surface area contributed by atoms with Crippen LogP contribution in [-0.2, 0) is 36.8 Å². The molecule has 8 N–H and O–H groups in total. The summed E-state index contributed by atoms with van der Waals surface area (Å²) in [6, 6.07) is 89.3. The largest absolute Gasteiger partial charge is 0.573 e. The molecule has 0 fully saturated rings. The Morgan fingerprint density at radius 2 is 0.710 bits per heavy atom.